The molecule has 1 fully saturated rings. The minimum atomic E-state index is 0.452. The van der Waals surface area contributed by atoms with Gasteiger partial charge in [0.15, 0.2) is 0 Å². The Balaban J connectivity index is 1.84. The molecule has 0 atom stereocenters. The van der Waals surface area contributed by atoms with Crippen LogP contribution in [-0.4, -0.2) is 23.8 Å². The smallest absolute Gasteiger partial charge is 0.316 e. The van der Waals surface area contributed by atoms with Gasteiger partial charge in [0, 0.05) is 13.6 Å². The summed E-state index contributed by atoms with van der Waals surface area (Å²) in [5, 5.41) is 13.4. The fourth-order valence-corrected chi connectivity index (χ4v) is 0.949. The predicted octanol–water partition coefficient (Wildman–Crippen LogP) is 0.933. The van der Waals surface area contributed by atoms with Crippen LogP contribution in [0.3, 0.4) is 0 Å². The van der Waals surface area contributed by atoms with Crippen LogP contribution in [0, 0.1) is 5.92 Å². The molecule has 5 heteroatoms. The van der Waals surface area contributed by atoms with Gasteiger partial charge < -0.3 is 15.1 Å². The molecule has 1 aliphatic carbocycles. The van der Waals surface area contributed by atoms with E-state index in [1.165, 1.54) is 12.8 Å². The fourth-order valence-electron chi connectivity index (χ4n) is 0.949. The highest BCUT2D eigenvalue weighted by atomic mass is 16.4. The number of nitrogens with one attached hydrogen (secondary N) is 2. The molecule has 0 spiro atoms. The van der Waals surface area contributed by atoms with Gasteiger partial charge in [-0.1, -0.05) is 10.2 Å². The number of rotatable bonds is 4. The van der Waals surface area contributed by atoms with Crippen molar-refractivity contribution in [1.29, 1.82) is 0 Å². The Morgan fingerprint density at radius 3 is 2.75 bits per heavy atom. The lowest BCUT2D eigenvalue weighted by atomic mass is 10.4. The number of aromatic nitrogens is 2. The third-order valence-corrected chi connectivity index (χ3v) is 1.88. The molecule has 0 amide bonds. The van der Waals surface area contributed by atoms with Gasteiger partial charge in [-0.2, -0.15) is 0 Å². The molecular weight excluding hydrogens is 156 g/mol. The lowest BCUT2D eigenvalue weighted by Gasteiger charge is -1.96. The number of hydrogen-bond donors (Lipinski definition) is 2. The molecule has 2 N–H and O–H groups in total. The molecule has 1 aromatic rings. The average molecular weight is 168 g/mol. The maximum absolute atomic E-state index is 5.17. The Morgan fingerprint density at radius 2 is 2.17 bits per heavy atom. The number of hydrogen-bond acceptors (Lipinski definition) is 5. The minimum absolute atomic E-state index is 0.452. The summed E-state index contributed by atoms with van der Waals surface area (Å²) in [6, 6.07) is 0.958. The molecule has 0 bridgehead atoms. The van der Waals surface area contributed by atoms with Crippen LogP contribution in [0.5, 0.6) is 0 Å². The van der Waals surface area contributed by atoms with Crippen molar-refractivity contribution in [2.45, 2.75) is 12.8 Å². The summed E-state index contributed by atoms with van der Waals surface area (Å²) in [5.41, 5.74) is 0. The van der Waals surface area contributed by atoms with Crippen molar-refractivity contribution < 1.29 is 4.42 Å². The van der Waals surface area contributed by atoms with Crippen LogP contribution in [-0.2, 0) is 0 Å². The Kier molecular flexibility index (Phi) is 1.85. The monoisotopic (exact) mass is 168 g/mol. The molecule has 1 saturated carbocycles. The van der Waals surface area contributed by atoms with Gasteiger partial charge in [-0.3, -0.25) is 0 Å². The van der Waals surface area contributed by atoms with Gasteiger partial charge in [-0.25, -0.2) is 0 Å². The lowest BCUT2D eigenvalue weighted by Crippen LogP contribution is -2.02. The molecule has 12 heavy (non-hydrogen) atoms. The van der Waals surface area contributed by atoms with Gasteiger partial charge in [0.2, 0.25) is 0 Å². The van der Waals surface area contributed by atoms with Crippen molar-refractivity contribution in [2.24, 2.45) is 5.92 Å². The molecule has 66 valence electrons. The zero-order valence-electron chi connectivity index (χ0n) is 7.00. The average Bonchev–Trinajstić information content (AvgIpc) is 2.81. The summed E-state index contributed by atoms with van der Waals surface area (Å²) >= 11 is 0. The Labute approximate surface area is 70.6 Å². The molecule has 0 aliphatic heterocycles. The Hall–Kier alpha value is -1.26. The lowest BCUT2D eigenvalue weighted by molar-refractivity contribution is 0.579. The van der Waals surface area contributed by atoms with Crippen LogP contribution in [0.2, 0.25) is 0 Å². The molecule has 0 aromatic carbocycles. The van der Waals surface area contributed by atoms with Gasteiger partial charge >= 0.3 is 12.0 Å². The maximum atomic E-state index is 5.17. The van der Waals surface area contributed by atoms with E-state index in [1.807, 2.05) is 0 Å². The first-order valence-electron chi connectivity index (χ1n) is 4.13. The van der Waals surface area contributed by atoms with E-state index in [2.05, 4.69) is 20.8 Å². The summed E-state index contributed by atoms with van der Waals surface area (Å²) in [7, 11) is 1.75. The van der Waals surface area contributed by atoms with Gasteiger partial charge in [0.1, 0.15) is 0 Å². The van der Waals surface area contributed by atoms with E-state index in [0.29, 0.717) is 12.0 Å². The van der Waals surface area contributed by atoms with E-state index in [-0.39, 0.29) is 0 Å². The second-order valence-electron chi connectivity index (χ2n) is 2.99. The van der Waals surface area contributed by atoms with E-state index in [0.717, 1.165) is 12.5 Å². The molecule has 1 heterocycles. The minimum Gasteiger partial charge on any atom is -0.390 e. The highest BCUT2D eigenvalue weighted by Crippen LogP contribution is 2.28. The molecule has 5 nitrogen and oxygen atoms in total. The van der Waals surface area contributed by atoms with Crippen molar-refractivity contribution in [3.63, 3.8) is 0 Å². The molecular formula is C7H12N4O. The van der Waals surface area contributed by atoms with Crippen LogP contribution in [0.4, 0.5) is 12.0 Å². The fraction of sp³-hybridized carbons (Fsp3) is 0.714. The van der Waals surface area contributed by atoms with Crippen molar-refractivity contribution in [1.82, 2.24) is 10.2 Å². The molecule has 0 radical (unpaired) electrons. The van der Waals surface area contributed by atoms with Crippen LogP contribution < -0.4 is 10.6 Å². The van der Waals surface area contributed by atoms with Gasteiger partial charge in [0.05, 0.1) is 0 Å². The van der Waals surface area contributed by atoms with Crippen molar-refractivity contribution in [2.75, 3.05) is 24.2 Å². The zero-order valence-corrected chi connectivity index (χ0v) is 7.00. The third-order valence-electron chi connectivity index (χ3n) is 1.88. The Morgan fingerprint density at radius 1 is 1.42 bits per heavy atom. The Bertz CT molecular complexity index is 256. The highest BCUT2D eigenvalue weighted by Gasteiger charge is 2.21. The van der Waals surface area contributed by atoms with Crippen molar-refractivity contribution >= 4 is 12.0 Å². The summed E-state index contributed by atoms with van der Waals surface area (Å²) in [6.07, 6.45) is 2.64. The second kappa shape index (κ2) is 3.00. The van der Waals surface area contributed by atoms with Gasteiger partial charge in [-0.05, 0) is 18.8 Å². The first-order chi connectivity index (χ1) is 5.88. The first kappa shape index (κ1) is 7.39. The second-order valence-corrected chi connectivity index (χ2v) is 2.99. The van der Waals surface area contributed by atoms with Gasteiger partial charge in [0.25, 0.3) is 0 Å². The summed E-state index contributed by atoms with van der Waals surface area (Å²) in [5.74, 6) is 0.815. The summed E-state index contributed by atoms with van der Waals surface area (Å²) in [4.78, 5) is 0. The predicted molar refractivity (Wildman–Crippen MR) is 45.1 cm³/mol. The SMILES string of the molecule is CNc1nnc(NCC2CC2)o1. The van der Waals surface area contributed by atoms with E-state index in [4.69, 9.17) is 4.42 Å². The normalized spacial score (nSPS) is 16.1. The summed E-state index contributed by atoms with van der Waals surface area (Å²) in [6.45, 7) is 0.950. The van der Waals surface area contributed by atoms with Crippen LogP contribution in [0.1, 0.15) is 12.8 Å². The van der Waals surface area contributed by atoms with E-state index >= 15 is 0 Å². The van der Waals surface area contributed by atoms with Crippen LogP contribution in [0.25, 0.3) is 0 Å². The highest BCUT2D eigenvalue weighted by molar-refractivity contribution is 5.25. The third kappa shape index (κ3) is 1.66. The molecule has 1 aromatic heterocycles. The number of nitrogens with zero attached hydrogens (tertiary/aromatic N) is 2. The molecule has 0 saturated heterocycles. The topological polar surface area (TPSA) is 63.0 Å². The van der Waals surface area contributed by atoms with E-state index < -0.39 is 0 Å². The zero-order chi connectivity index (χ0) is 8.39. The van der Waals surface area contributed by atoms with E-state index in [1.54, 1.807) is 7.05 Å². The quantitative estimate of drug-likeness (QED) is 0.700. The van der Waals surface area contributed by atoms with Crippen LogP contribution in [0.15, 0.2) is 4.42 Å². The summed E-state index contributed by atoms with van der Waals surface area (Å²) < 4.78 is 5.17. The molecule has 1 aliphatic rings. The largest absolute Gasteiger partial charge is 0.390 e. The number of anilines is 2. The van der Waals surface area contributed by atoms with Crippen molar-refractivity contribution in [3.05, 3.63) is 0 Å². The van der Waals surface area contributed by atoms with Crippen molar-refractivity contribution in [3.8, 4) is 0 Å². The first-order valence-corrected chi connectivity index (χ1v) is 4.13. The molecule has 2 rings (SSSR count). The standard InChI is InChI=1S/C7H12N4O/c1-8-6-10-11-7(12-6)9-4-5-2-3-5/h5H,2-4H2,1H3,(H,8,10)(H,9,11). The van der Waals surface area contributed by atoms with Crippen LogP contribution >= 0.6 is 0 Å². The molecule has 0 unspecified atom stereocenters. The van der Waals surface area contributed by atoms with Gasteiger partial charge in [-0.15, -0.1) is 0 Å². The van der Waals surface area contributed by atoms with E-state index in [9.17, 15) is 0 Å². The maximum Gasteiger partial charge on any atom is 0.316 e.